The molecule has 1 N–H and O–H groups in total. The summed E-state index contributed by atoms with van der Waals surface area (Å²) in [6.45, 7) is 0. The SMILES string of the molecule is O=C(O)c1cc(S(=O)(=O)Cc2ccc(F)cc2)ccc1Br. The van der Waals surface area contributed by atoms with Gasteiger partial charge in [-0.05, 0) is 51.8 Å². The lowest BCUT2D eigenvalue weighted by Gasteiger charge is -2.07. The van der Waals surface area contributed by atoms with Gasteiger partial charge in [0.25, 0.3) is 0 Å². The van der Waals surface area contributed by atoms with Crippen LogP contribution in [-0.2, 0) is 15.6 Å². The average Bonchev–Trinajstić information content (AvgIpc) is 2.41. The second-order valence-electron chi connectivity index (χ2n) is 4.33. The van der Waals surface area contributed by atoms with E-state index in [1.807, 2.05) is 0 Å². The Kier molecular flexibility index (Phi) is 4.43. The fraction of sp³-hybridized carbons (Fsp3) is 0.0714. The molecule has 0 aliphatic carbocycles. The Balaban J connectivity index is 2.38. The number of carboxylic acid groups (broad SMARTS) is 1. The third-order valence-electron chi connectivity index (χ3n) is 2.80. The maximum Gasteiger partial charge on any atom is 0.336 e. The number of hydrogen-bond acceptors (Lipinski definition) is 3. The molecule has 0 radical (unpaired) electrons. The normalized spacial score (nSPS) is 11.3. The molecule has 0 fully saturated rings. The van der Waals surface area contributed by atoms with E-state index in [0.29, 0.717) is 10.0 Å². The molecule has 0 aliphatic rings. The Morgan fingerprint density at radius 3 is 2.33 bits per heavy atom. The van der Waals surface area contributed by atoms with Crippen LogP contribution in [0.1, 0.15) is 15.9 Å². The van der Waals surface area contributed by atoms with Gasteiger partial charge in [-0.15, -0.1) is 0 Å². The van der Waals surface area contributed by atoms with Crippen LogP contribution in [0, 0.1) is 5.82 Å². The molecule has 7 heteroatoms. The monoisotopic (exact) mass is 372 g/mol. The number of aromatic carboxylic acids is 1. The van der Waals surface area contributed by atoms with Gasteiger partial charge in [0.2, 0.25) is 0 Å². The van der Waals surface area contributed by atoms with Gasteiger partial charge < -0.3 is 5.11 Å². The first-order valence-corrected chi connectivity index (χ1v) is 8.24. The quantitative estimate of drug-likeness (QED) is 0.893. The van der Waals surface area contributed by atoms with E-state index in [-0.39, 0.29) is 16.2 Å². The van der Waals surface area contributed by atoms with Crippen molar-refractivity contribution in [3.05, 3.63) is 63.9 Å². The molecule has 0 saturated carbocycles. The molecule has 0 amide bonds. The molecule has 0 bridgehead atoms. The third kappa shape index (κ3) is 3.68. The van der Waals surface area contributed by atoms with Crippen molar-refractivity contribution >= 4 is 31.7 Å². The number of benzene rings is 2. The van der Waals surface area contributed by atoms with E-state index >= 15 is 0 Å². The number of hydrogen-bond donors (Lipinski definition) is 1. The lowest BCUT2D eigenvalue weighted by atomic mass is 10.2. The van der Waals surface area contributed by atoms with Crippen LogP contribution >= 0.6 is 15.9 Å². The summed E-state index contributed by atoms with van der Waals surface area (Å²) in [5.41, 5.74) is 0.298. The zero-order valence-electron chi connectivity index (χ0n) is 10.6. The molecule has 4 nitrogen and oxygen atoms in total. The Hall–Kier alpha value is -1.73. The van der Waals surface area contributed by atoms with Gasteiger partial charge >= 0.3 is 5.97 Å². The first-order valence-electron chi connectivity index (χ1n) is 5.79. The molecule has 0 unspecified atom stereocenters. The molecule has 2 aromatic carbocycles. The van der Waals surface area contributed by atoms with Crippen LogP contribution in [0.25, 0.3) is 0 Å². The smallest absolute Gasteiger partial charge is 0.336 e. The topological polar surface area (TPSA) is 71.4 Å². The van der Waals surface area contributed by atoms with E-state index in [0.717, 1.165) is 6.07 Å². The van der Waals surface area contributed by atoms with Gasteiger partial charge in [-0.2, -0.15) is 0 Å². The fourth-order valence-corrected chi connectivity index (χ4v) is 3.53. The van der Waals surface area contributed by atoms with Crippen LogP contribution < -0.4 is 0 Å². The molecule has 0 atom stereocenters. The van der Waals surface area contributed by atoms with Crippen LogP contribution in [0.2, 0.25) is 0 Å². The lowest BCUT2D eigenvalue weighted by molar-refractivity contribution is 0.0695. The van der Waals surface area contributed by atoms with Crippen molar-refractivity contribution in [1.29, 1.82) is 0 Å². The van der Waals surface area contributed by atoms with Crippen LogP contribution in [0.3, 0.4) is 0 Å². The number of rotatable bonds is 4. The maximum absolute atomic E-state index is 12.8. The molecular formula is C14H10BrFO4S. The Morgan fingerprint density at radius 1 is 1.14 bits per heavy atom. The molecule has 0 aliphatic heterocycles. The zero-order valence-corrected chi connectivity index (χ0v) is 13.0. The number of carboxylic acids is 1. The van der Waals surface area contributed by atoms with E-state index in [1.54, 1.807) is 0 Å². The predicted molar refractivity (Wildman–Crippen MR) is 78.4 cm³/mol. The number of halogens is 2. The molecule has 21 heavy (non-hydrogen) atoms. The summed E-state index contributed by atoms with van der Waals surface area (Å²) < 4.78 is 37.7. The predicted octanol–water partition coefficient (Wildman–Crippen LogP) is 3.26. The van der Waals surface area contributed by atoms with Gasteiger partial charge in [-0.3, -0.25) is 0 Å². The summed E-state index contributed by atoms with van der Waals surface area (Å²) in [4.78, 5) is 10.9. The lowest BCUT2D eigenvalue weighted by Crippen LogP contribution is -2.07. The van der Waals surface area contributed by atoms with Gasteiger partial charge in [-0.25, -0.2) is 17.6 Å². The van der Waals surface area contributed by atoms with Crippen molar-refractivity contribution in [2.45, 2.75) is 10.6 Å². The van der Waals surface area contributed by atoms with Crippen molar-refractivity contribution in [3.8, 4) is 0 Å². The third-order valence-corrected chi connectivity index (χ3v) is 5.17. The summed E-state index contributed by atoms with van der Waals surface area (Å²) >= 11 is 3.06. The average molecular weight is 373 g/mol. The van der Waals surface area contributed by atoms with Gasteiger partial charge in [0, 0.05) is 4.47 Å². The highest BCUT2D eigenvalue weighted by atomic mass is 79.9. The van der Waals surface area contributed by atoms with Crippen LogP contribution in [0.5, 0.6) is 0 Å². The molecule has 2 aromatic rings. The summed E-state index contributed by atoms with van der Waals surface area (Å²) in [5, 5.41) is 9.01. The summed E-state index contributed by atoms with van der Waals surface area (Å²) in [6, 6.07) is 8.92. The summed E-state index contributed by atoms with van der Waals surface area (Å²) in [5.74, 6) is -2.00. The maximum atomic E-state index is 12.8. The second-order valence-corrected chi connectivity index (χ2v) is 7.18. The van der Waals surface area contributed by atoms with Crippen molar-refractivity contribution in [3.63, 3.8) is 0 Å². The highest BCUT2D eigenvalue weighted by Crippen LogP contribution is 2.23. The van der Waals surface area contributed by atoms with Gasteiger partial charge in [0.05, 0.1) is 16.2 Å². The molecule has 0 aromatic heterocycles. The Bertz CT molecular complexity index is 785. The minimum atomic E-state index is -3.71. The van der Waals surface area contributed by atoms with E-state index < -0.39 is 21.6 Å². The summed E-state index contributed by atoms with van der Waals surface area (Å²) in [6.07, 6.45) is 0. The molecule has 2 rings (SSSR count). The van der Waals surface area contributed by atoms with E-state index in [2.05, 4.69) is 15.9 Å². The Morgan fingerprint density at radius 2 is 1.76 bits per heavy atom. The Labute approximate surface area is 129 Å². The molecule has 0 spiro atoms. The number of carbonyl (C=O) groups is 1. The minimum absolute atomic E-state index is 0.0903. The fourth-order valence-electron chi connectivity index (χ4n) is 1.75. The van der Waals surface area contributed by atoms with Crippen molar-refractivity contribution in [2.24, 2.45) is 0 Å². The van der Waals surface area contributed by atoms with Crippen molar-refractivity contribution in [2.75, 3.05) is 0 Å². The van der Waals surface area contributed by atoms with Gasteiger partial charge in [0.1, 0.15) is 5.82 Å². The van der Waals surface area contributed by atoms with Crippen molar-refractivity contribution < 1.29 is 22.7 Å². The van der Waals surface area contributed by atoms with Gasteiger partial charge in [0.15, 0.2) is 9.84 Å². The molecular weight excluding hydrogens is 363 g/mol. The van der Waals surface area contributed by atoms with Gasteiger partial charge in [-0.1, -0.05) is 12.1 Å². The van der Waals surface area contributed by atoms with E-state index in [1.165, 1.54) is 36.4 Å². The van der Waals surface area contributed by atoms with E-state index in [9.17, 15) is 17.6 Å². The highest BCUT2D eigenvalue weighted by Gasteiger charge is 2.19. The second kappa shape index (κ2) is 5.95. The molecule has 0 saturated heterocycles. The van der Waals surface area contributed by atoms with Crippen LogP contribution in [-0.4, -0.2) is 19.5 Å². The zero-order chi connectivity index (χ0) is 15.6. The highest BCUT2D eigenvalue weighted by molar-refractivity contribution is 9.10. The van der Waals surface area contributed by atoms with E-state index in [4.69, 9.17) is 5.11 Å². The largest absolute Gasteiger partial charge is 0.478 e. The van der Waals surface area contributed by atoms with Crippen LogP contribution in [0.15, 0.2) is 51.8 Å². The minimum Gasteiger partial charge on any atom is -0.478 e. The van der Waals surface area contributed by atoms with Crippen LogP contribution in [0.4, 0.5) is 4.39 Å². The molecule has 110 valence electrons. The first kappa shape index (κ1) is 15.7. The first-order chi connectivity index (χ1) is 9.79. The number of sulfone groups is 1. The molecule has 0 heterocycles. The standard InChI is InChI=1S/C14H10BrFO4S/c15-13-6-5-11(7-12(13)14(17)18)21(19,20)8-9-1-3-10(16)4-2-9/h1-7H,8H2,(H,17,18). The summed E-state index contributed by atoms with van der Waals surface area (Å²) in [7, 11) is -3.71. The van der Waals surface area contributed by atoms with Crippen molar-refractivity contribution in [1.82, 2.24) is 0 Å².